The van der Waals surface area contributed by atoms with Crippen molar-refractivity contribution in [2.45, 2.75) is 0 Å². The molecular weight excluding hydrogens is 785 g/mol. The van der Waals surface area contributed by atoms with E-state index >= 15 is 0 Å². The maximum absolute atomic E-state index is 5.12. The highest BCUT2D eigenvalue weighted by Crippen LogP contribution is 2.45. The Kier molecular flexibility index (Phi) is 8.05. The fraction of sp³-hybridized carbons (Fsp3) is 0. The first-order valence-corrected chi connectivity index (χ1v) is 22.1. The van der Waals surface area contributed by atoms with Gasteiger partial charge in [-0.25, -0.2) is 9.97 Å². The molecule has 9 aromatic carbocycles. The van der Waals surface area contributed by atoms with Crippen molar-refractivity contribution >= 4 is 75.1 Å². The van der Waals surface area contributed by atoms with Crippen molar-refractivity contribution in [3.63, 3.8) is 0 Å². The lowest BCUT2D eigenvalue weighted by Gasteiger charge is -2.11. The molecule has 4 nitrogen and oxygen atoms in total. The number of para-hydroxylation sites is 2. The predicted molar refractivity (Wildman–Crippen MR) is 265 cm³/mol. The monoisotopic (exact) mass is 820 g/mol. The smallest absolute Gasteiger partial charge is 0.160 e. The number of hydrogen-bond acceptors (Lipinski definition) is 3. The first-order chi connectivity index (χ1) is 31.2. The average Bonchev–Trinajstić information content (AvgIpc) is 4.02. The topological polar surface area (TPSA) is 35.6 Å². The van der Waals surface area contributed by atoms with Gasteiger partial charge in [0, 0.05) is 69.8 Å². The summed E-state index contributed by atoms with van der Waals surface area (Å²) < 4.78 is 7.42. The molecule has 0 saturated heterocycles. The normalized spacial score (nSPS) is 11.8. The molecule has 0 bridgehead atoms. The molecule has 0 aliphatic rings. The van der Waals surface area contributed by atoms with Gasteiger partial charge in [0.1, 0.15) is 0 Å². The van der Waals surface area contributed by atoms with Gasteiger partial charge in [0.25, 0.3) is 0 Å². The van der Waals surface area contributed by atoms with Gasteiger partial charge in [-0.2, -0.15) is 0 Å². The van der Waals surface area contributed by atoms with Crippen LogP contribution in [0.4, 0.5) is 0 Å². The molecule has 294 valence electrons. The Morgan fingerprint density at radius 1 is 0.317 bits per heavy atom. The van der Waals surface area contributed by atoms with Gasteiger partial charge in [0.05, 0.1) is 33.5 Å². The molecule has 0 aliphatic carbocycles. The van der Waals surface area contributed by atoms with Gasteiger partial charge < -0.3 is 9.13 Å². The molecule has 4 heterocycles. The number of fused-ring (bicyclic) bond motifs is 10. The van der Waals surface area contributed by atoms with Crippen LogP contribution in [-0.2, 0) is 0 Å². The van der Waals surface area contributed by atoms with Gasteiger partial charge in [-0.3, -0.25) is 0 Å². The van der Waals surface area contributed by atoms with Gasteiger partial charge in [-0.1, -0.05) is 133 Å². The summed E-state index contributed by atoms with van der Waals surface area (Å²) >= 11 is 1.89. The molecule has 0 fully saturated rings. The molecule has 4 aromatic heterocycles. The number of hydrogen-bond donors (Lipinski definition) is 0. The van der Waals surface area contributed by atoms with Crippen LogP contribution in [-0.4, -0.2) is 19.1 Å². The van der Waals surface area contributed by atoms with Crippen molar-refractivity contribution in [3.8, 4) is 56.4 Å². The van der Waals surface area contributed by atoms with Crippen molar-refractivity contribution in [2.24, 2.45) is 0 Å². The van der Waals surface area contributed by atoms with Gasteiger partial charge in [-0.05, 0) is 96.1 Å². The molecular formula is C58H36N4S. The van der Waals surface area contributed by atoms with E-state index < -0.39 is 0 Å². The highest BCUT2D eigenvalue weighted by molar-refractivity contribution is 7.26. The van der Waals surface area contributed by atoms with Crippen LogP contribution in [0.25, 0.3) is 120 Å². The maximum Gasteiger partial charge on any atom is 0.160 e. The summed E-state index contributed by atoms with van der Waals surface area (Å²) in [6, 6.07) is 78.4. The molecule has 0 spiro atoms. The first kappa shape index (κ1) is 35.6. The fourth-order valence-corrected chi connectivity index (χ4v) is 10.9. The summed E-state index contributed by atoms with van der Waals surface area (Å²) in [4.78, 5) is 10.2. The van der Waals surface area contributed by atoms with Crippen molar-refractivity contribution < 1.29 is 0 Å². The number of rotatable bonds is 6. The van der Waals surface area contributed by atoms with Gasteiger partial charge in [-0.15, -0.1) is 11.3 Å². The molecule has 0 aliphatic heterocycles. The Balaban J connectivity index is 0.986. The second kappa shape index (κ2) is 14.2. The fourth-order valence-electron chi connectivity index (χ4n) is 9.60. The zero-order chi connectivity index (χ0) is 41.4. The summed E-state index contributed by atoms with van der Waals surface area (Å²) in [6.45, 7) is 0. The molecule has 0 atom stereocenters. The SMILES string of the molecule is c1ccc(-c2cc(-c3ccccc3)nc(-c3ccc(-n4c5ccc(-c6ccc7c(c6)c6ccccc6n7-c6ccccc6)cc5c5c6sc7ccccc7c6ccc54)cc3)n2)cc1. The average molecular weight is 821 g/mol. The largest absolute Gasteiger partial charge is 0.309 e. The van der Waals surface area contributed by atoms with E-state index in [2.05, 4.69) is 215 Å². The Bertz CT molecular complexity index is 3820. The molecule has 0 amide bonds. The van der Waals surface area contributed by atoms with Crippen molar-refractivity contribution in [1.82, 2.24) is 19.1 Å². The lowest BCUT2D eigenvalue weighted by molar-refractivity contribution is 1.16. The van der Waals surface area contributed by atoms with E-state index in [1.807, 2.05) is 23.5 Å². The van der Waals surface area contributed by atoms with Crippen LogP contribution < -0.4 is 0 Å². The summed E-state index contributed by atoms with van der Waals surface area (Å²) in [6.07, 6.45) is 0. The van der Waals surface area contributed by atoms with Gasteiger partial charge >= 0.3 is 0 Å². The third kappa shape index (κ3) is 5.74. The summed E-state index contributed by atoms with van der Waals surface area (Å²) in [7, 11) is 0. The van der Waals surface area contributed by atoms with Crippen LogP contribution in [0.1, 0.15) is 0 Å². The van der Waals surface area contributed by atoms with Crippen LogP contribution in [0.2, 0.25) is 0 Å². The third-order valence-corrected chi connectivity index (χ3v) is 13.7. The summed E-state index contributed by atoms with van der Waals surface area (Å²) in [5.41, 5.74) is 14.3. The molecule has 13 aromatic rings. The molecule has 0 saturated carbocycles. The lowest BCUT2D eigenvalue weighted by Crippen LogP contribution is -1.97. The van der Waals surface area contributed by atoms with E-state index in [4.69, 9.17) is 9.97 Å². The predicted octanol–water partition coefficient (Wildman–Crippen LogP) is 15.7. The van der Waals surface area contributed by atoms with E-state index in [1.165, 1.54) is 74.9 Å². The van der Waals surface area contributed by atoms with Crippen molar-refractivity contribution in [1.29, 1.82) is 0 Å². The van der Waals surface area contributed by atoms with Gasteiger partial charge in [0.2, 0.25) is 0 Å². The minimum Gasteiger partial charge on any atom is -0.309 e. The number of nitrogens with zero attached hydrogens (tertiary/aromatic N) is 4. The Morgan fingerprint density at radius 2 is 0.825 bits per heavy atom. The standard InChI is InChI=1S/C58H36N4S/c1-4-14-37(15-5-1)49-36-50(38-16-6-2-7-17-38)60-58(59-49)39-24-28-43(29-25-39)62-53-32-27-41(35-48(53)56-54(62)33-30-46-45-21-11-13-23-55(45)63-57(46)56)40-26-31-52-47(34-40)44-20-10-12-22-51(44)61(52)42-18-8-3-9-19-42/h1-36H. The highest BCUT2D eigenvalue weighted by Gasteiger charge is 2.20. The van der Waals surface area contributed by atoms with E-state index in [9.17, 15) is 0 Å². The van der Waals surface area contributed by atoms with Crippen LogP contribution in [0.5, 0.6) is 0 Å². The second-order valence-electron chi connectivity index (χ2n) is 16.2. The van der Waals surface area contributed by atoms with Crippen LogP contribution in [0, 0.1) is 0 Å². The minimum absolute atomic E-state index is 0.699. The maximum atomic E-state index is 5.12. The highest BCUT2D eigenvalue weighted by atomic mass is 32.1. The molecule has 0 N–H and O–H groups in total. The van der Waals surface area contributed by atoms with E-state index in [0.717, 1.165) is 39.5 Å². The molecule has 13 rings (SSSR count). The van der Waals surface area contributed by atoms with E-state index in [1.54, 1.807) is 0 Å². The van der Waals surface area contributed by atoms with Crippen molar-refractivity contribution in [3.05, 3.63) is 218 Å². The first-order valence-electron chi connectivity index (χ1n) is 21.3. The number of thiophene rings is 1. The number of aromatic nitrogens is 4. The zero-order valence-electron chi connectivity index (χ0n) is 34.0. The van der Waals surface area contributed by atoms with Crippen LogP contribution in [0.3, 0.4) is 0 Å². The van der Waals surface area contributed by atoms with E-state index in [-0.39, 0.29) is 0 Å². The molecule has 63 heavy (non-hydrogen) atoms. The Morgan fingerprint density at radius 3 is 1.52 bits per heavy atom. The number of benzene rings is 9. The summed E-state index contributed by atoms with van der Waals surface area (Å²) in [5.74, 6) is 0.699. The third-order valence-electron chi connectivity index (χ3n) is 12.5. The van der Waals surface area contributed by atoms with Gasteiger partial charge in [0.15, 0.2) is 5.82 Å². The van der Waals surface area contributed by atoms with Crippen molar-refractivity contribution in [2.75, 3.05) is 0 Å². The second-order valence-corrected chi connectivity index (χ2v) is 17.2. The Labute approximate surface area is 367 Å². The molecule has 0 radical (unpaired) electrons. The quantitative estimate of drug-likeness (QED) is 0.167. The van der Waals surface area contributed by atoms with Crippen LogP contribution in [0.15, 0.2) is 218 Å². The molecule has 0 unspecified atom stereocenters. The zero-order valence-corrected chi connectivity index (χ0v) is 34.8. The van der Waals surface area contributed by atoms with E-state index in [0.29, 0.717) is 5.82 Å². The lowest BCUT2D eigenvalue weighted by atomic mass is 10.00. The molecule has 5 heteroatoms. The minimum atomic E-state index is 0.699. The Hall–Kier alpha value is -8.12. The summed E-state index contributed by atoms with van der Waals surface area (Å²) in [5, 5.41) is 7.61. The van der Waals surface area contributed by atoms with Crippen LogP contribution >= 0.6 is 11.3 Å².